The van der Waals surface area contributed by atoms with Gasteiger partial charge >= 0.3 is 0 Å². The Balaban J connectivity index is 0.898. The van der Waals surface area contributed by atoms with E-state index in [-0.39, 0.29) is 5.41 Å². The van der Waals surface area contributed by atoms with E-state index in [9.17, 15) is 0 Å². The maximum atomic E-state index is 2.43. The van der Waals surface area contributed by atoms with Gasteiger partial charge in [0.25, 0.3) is 0 Å². The lowest BCUT2D eigenvalue weighted by Gasteiger charge is -2.22. The molecule has 326 valence electrons. The summed E-state index contributed by atoms with van der Waals surface area (Å²) in [5.41, 5.74) is 21.8. The van der Waals surface area contributed by atoms with Crippen LogP contribution in [0, 0.1) is 0 Å². The van der Waals surface area contributed by atoms with E-state index in [0.29, 0.717) is 0 Å². The van der Waals surface area contributed by atoms with Gasteiger partial charge in [-0.3, -0.25) is 0 Å². The fourth-order valence-corrected chi connectivity index (χ4v) is 11.2. The van der Waals surface area contributed by atoms with Gasteiger partial charge in [-0.1, -0.05) is 196 Å². The summed E-state index contributed by atoms with van der Waals surface area (Å²) in [4.78, 5) is 0. The number of hydrogen-bond acceptors (Lipinski definition) is 0. The summed E-state index contributed by atoms with van der Waals surface area (Å²) >= 11 is 0. The third-order valence-electron chi connectivity index (χ3n) is 14.5. The molecule has 13 rings (SSSR count). The molecule has 0 atom stereocenters. The first-order chi connectivity index (χ1) is 34.0. The van der Waals surface area contributed by atoms with Gasteiger partial charge in [0.05, 0.1) is 22.1 Å². The van der Waals surface area contributed by atoms with E-state index < -0.39 is 0 Å². The van der Waals surface area contributed by atoms with Crippen LogP contribution in [0.5, 0.6) is 0 Å². The highest BCUT2D eigenvalue weighted by molar-refractivity contribution is 6.12. The normalized spacial score (nSPS) is 13.4. The van der Waals surface area contributed by atoms with Crippen molar-refractivity contribution < 1.29 is 0 Å². The molecule has 1 aliphatic carbocycles. The maximum Gasteiger partial charge on any atom is 0.0541 e. The van der Waals surface area contributed by atoms with Crippen molar-refractivity contribution in [1.29, 1.82) is 0 Å². The summed E-state index contributed by atoms with van der Waals surface area (Å²) in [6.45, 7) is 4.78. The van der Waals surface area contributed by atoms with Crippen molar-refractivity contribution >= 4 is 66.9 Å². The summed E-state index contributed by atoms with van der Waals surface area (Å²) in [6.07, 6.45) is 4.78. The van der Waals surface area contributed by atoms with E-state index in [2.05, 4.69) is 278 Å². The van der Waals surface area contributed by atoms with Crippen molar-refractivity contribution in [1.82, 2.24) is 9.13 Å². The zero-order chi connectivity index (χ0) is 46.1. The Morgan fingerprint density at radius 1 is 0.319 bits per heavy atom. The van der Waals surface area contributed by atoms with Crippen molar-refractivity contribution in [3.8, 4) is 22.5 Å². The minimum atomic E-state index is -0.214. The van der Waals surface area contributed by atoms with Crippen molar-refractivity contribution in [3.63, 3.8) is 0 Å². The third kappa shape index (κ3) is 6.79. The van der Waals surface area contributed by atoms with Crippen LogP contribution in [0.3, 0.4) is 0 Å². The van der Waals surface area contributed by atoms with E-state index in [1.165, 1.54) is 122 Å². The van der Waals surface area contributed by atoms with Crippen molar-refractivity contribution in [2.24, 2.45) is 0 Å². The monoisotopic (exact) mass is 880 g/mol. The van der Waals surface area contributed by atoms with Crippen LogP contribution >= 0.6 is 0 Å². The van der Waals surface area contributed by atoms with Crippen LogP contribution in [-0.4, -0.2) is 9.13 Å². The zero-order valence-corrected chi connectivity index (χ0v) is 38.6. The van der Waals surface area contributed by atoms with Crippen LogP contribution in [0.15, 0.2) is 243 Å². The minimum Gasteiger partial charge on any atom is -0.309 e. The molecule has 0 saturated heterocycles. The molecule has 2 heteroatoms. The molecule has 0 N–H and O–H groups in total. The molecule has 10 aromatic carbocycles. The summed E-state index contributed by atoms with van der Waals surface area (Å²) < 4.78 is 4.77. The average Bonchev–Trinajstić information content (AvgIpc) is 4.00. The van der Waals surface area contributed by atoms with Crippen LogP contribution in [0.4, 0.5) is 0 Å². The Labute approximate surface area is 403 Å². The van der Waals surface area contributed by atoms with E-state index >= 15 is 0 Å². The lowest BCUT2D eigenvalue weighted by Crippen LogP contribution is -2.15. The third-order valence-corrected chi connectivity index (χ3v) is 14.5. The number of para-hydroxylation sites is 4. The summed E-state index contributed by atoms with van der Waals surface area (Å²) in [5.74, 6) is 0. The number of hydrogen-bond donors (Lipinski definition) is 0. The van der Waals surface area contributed by atoms with E-state index in [0.717, 1.165) is 0 Å². The number of aromatic nitrogens is 2. The lowest BCUT2D eigenvalue weighted by molar-refractivity contribution is 0.660. The molecule has 69 heavy (non-hydrogen) atoms. The van der Waals surface area contributed by atoms with Gasteiger partial charge in [-0.2, -0.15) is 0 Å². The van der Waals surface area contributed by atoms with E-state index in [1.54, 1.807) is 0 Å². The van der Waals surface area contributed by atoms with E-state index in [1.807, 2.05) is 0 Å². The largest absolute Gasteiger partial charge is 0.309 e. The first-order valence-corrected chi connectivity index (χ1v) is 24.0. The first-order valence-electron chi connectivity index (χ1n) is 24.0. The molecule has 0 bridgehead atoms. The summed E-state index contributed by atoms with van der Waals surface area (Å²) in [6, 6.07) is 88.8. The molecule has 1 aliphatic rings. The van der Waals surface area contributed by atoms with Gasteiger partial charge in [0.1, 0.15) is 0 Å². The second-order valence-corrected chi connectivity index (χ2v) is 18.9. The Morgan fingerprint density at radius 2 is 0.681 bits per heavy atom. The predicted molar refractivity (Wildman–Crippen MR) is 292 cm³/mol. The molecule has 2 heterocycles. The Hall–Kier alpha value is -8.72. The fraction of sp³-hybridized carbons (Fsp3) is 0.0448. The molecule has 0 saturated carbocycles. The SMILES string of the molecule is CC1(C)c2cc(/C=C(\c3ccccc3)c3ccc4c(c3)c3ccccc3n4-c3ccccc3)ccc2-c2ccc(/C=C(\c3ccccc3)c3ccc4c(c3)c3ccccc3n4-c3ccccc3)cc21. The zero-order valence-electron chi connectivity index (χ0n) is 38.6. The van der Waals surface area contributed by atoms with E-state index in [4.69, 9.17) is 0 Å². The Kier molecular flexibility index (Phi) is 9.55. The highest BCUT2D eigenvalue weighted by atomic mass is 15.0. The molecular formula is C67H48N2. The first kappa shape index (κ1) is 40.5. The molecule has 0 amide bonds. The topological polar surface area (TPSA) is 9.86 Å². The Morgan fingerprint density at radius 3 is 1.10 bits per heavy atom. The summed E-state index contributed by atoms with van der Waals surface area (Å²) in [7, 11) is 0. The average molecular weight is 881 g/mol. The quantitative estimate of drug-likeness (QED) is 0.135. The molecule has 2 aromatic heterocycles. The Bertz CT molecular complexity index is 3740. The van der Waals surface area contributed by atoms with Crippen LogP contribution in [-0.2, 0) is 5.41 Å². The molecule has 0 fully saturated rings. The second-order valence-electron chi connectivity index (χ2n) is 18.9. The molecular weight excluding hydrogens is 833 g/mol. The number of rotatable bonds is 8. The van der Waals surface area contributed by atoms with Crippen molar-refractivity contribution in [3.05, 3.63) is 287 Å². The van der Waals surface area contributed by atoms with Gasteiger partial charge in [0, 0.05) is 38.3 Å². The summed E-state index contributed by atoms with van der Waals surface area (Å²) in [5, 5.41) is 4.99. The van der Waals surface area contributed by atoms with Gasteiger partial charge in [-0.15, -0.1) is 0 Å². The molecule has 0 spiro atoms. The minimum absolute atomic E-state index is 0.214. The molecule has 0 aliphatic heterocycles. The van der Waals surface area contributed by atoms with Crippen molar-refractivity contribution in [2.75, 3.05) is 0 Å². The van der Waals surface area contributed by atoms with Crippen LogP contribution in [0.1, 0.15) is 58.4 Å². The fourth-order valence-electron chi connectivity index (χ4n) is 11.2. The lowest BCUT2D eigenvalue weighted by atomic mass is 9.81. The highest BCUT2D eigenvalue weighted by Crippen LogP contribution is 2.50. The standard InChI is InChI=1S/C67H48N2/c1-67(2)61-41-45(39-57(47-19-7-3-8-20-47)49-33-37-65-59(43-49)55-27-15-17-29-63(55)68(65)51-23-11-5-12-24-51)31-35-53(61)54-36-32-46(42-62(54)67)40-58(48-21-9-4-10-22-48)50-34-38-66-60(44-50)56-28-16-18-30-64(56)69(66)52-25-13-6-14-26-52/h3-44H,1-2H3/b57-39+,58-40+. The second kappa shape index (κ2) is 16.3. The van der Waals surface area contributed by atoms with Gasteiger partial charge in [-0.25, -0.2) is 0 Å². The van der Waals surface area contributed by atoms with Crippen molar-refractivity contribution in [2.45, 2.75) is 19.3 Å². The number of nitrogens with zero attached hydrogens (tertiary/aromatic N) is 2. The van der Waals surface area contributed by atoms with Gasteiger partial charge < -0.3 is 9.13 Å². The van der Waals surface area contributed by atoms with Gasteiger partial charge in [0.2, 0.25) is 0 Å². The van der Waals surface area contributed by atoms with Crippen LogP contribution < -0.4 is 0 Å². The van der Waals surface area contributed by atoms with Gasteiger partial charge in [0.15, 0.2) is 0 Å². The number of fused-ring (bicyclic) bond motifs is 9. The molecule has 0 unspecified atom stereocenters. The maximum absolute atomic E-state index is 2.43. The van der Waals surface area contributed by atoms with Gasteiger partial charge in [-0.05, 0) is 140 Å². The molecule has 12 aromatic rings. The van der Waals surface area contributed by atoms with Crippen LogP contribution in [0.2, 0.25) is 0 Å². The predicted octanol–water partition coefficient (Wildman–Crippen LogP) is 17.4. The van der Waals surface area contributed by atoms with Crippen LogP contribution in [0.25, 0.3) is 89.4 Å². The highest BCUT2D eigenvalue weighted by Gasteiger charge is 2.35. The number of benzene rings is 10. The smallest absolute Gasteiger partial charge is 0.0541 e. The molecule has 2 nitrogen and oxygen atoms in total. The molecule has 0 radical (unpaired) electrons.